The third-order valence-electron chi connectivity index (χ3n) is 8.71. The molecule has 0 saturated heterocycles. The van der Waals surface area contributed by atoms with E-state index in [0.717, 1.165) is 16.7 Å². The molecule has 0 spiro atoms. The Morgan fingerprint density at radius 3 is 1.42 bits per heavy atom. The van der Waals surface area contributed by atoms with E-state index in [1.807, 2.05) is 119 Å². The number of hydrogen-bond donors (Lipinski definition) is 3. The van der Waals surface area contributed by atoms with E-state index in [9.17, 15) is 19.2 Å². The summed E-state index contributed by atoms with van der Waals surface area (Å²) >= 11 is 0. The van der Waals surface area contributed by atoms with Crippen molar-refractivity contribution in [2.45, 2.75) is 71.1 Å². The second-order valence-electron chi connectivity index (χ2n) is 13.1. The molecule has 3 aromatic carbocycles. The fraction of sp³-hybridized carbons (Fsp3) is 0.436. The van der Waals surface area contributed by atoms with Gasteiger partial charge in [0.25, 0.3) is 0 Å². The Morgan fingerprint density at radius 2 is 0.979 bits per heavy atom. The van der Waals surface area contributed by atoms with Gasteiger partial charge in [0, 0.05) is 27.1 Å². The van der Waals surface area contributed by atoms with Crippen molar-refractivity contribution in [2.24, 2.45) is 11.8 Å². The maximum absolute atomic E-state index is 14.2. The van der Waals surface area contributed by atoms with Crippen LogP contribution in [0.25, 0.3) is 0 Å². The average Bonchev–Trinajstić information content (AvgIpc) is 3.07. The Kier molecular flexibility index (Phi) is 14.8. The maximum Gasteiger partial charge on any atom is 0.245 e. The van der Waals surface area contributed by atoms with Crippen LogP contribution in [0.1, 0.15) is 44.4 Å². The van der Waals surface area contributed by atoms with Crippen LogP contribution in [-0.4, -0.2) is 85.3 Å². The lowest BCUT2D eigenvalue weighted by Gasteiger charge is -2.36. The Bertz CT molecular complexity index is 1450. The zero-order valence-electron chi connectivity index (χ0n) is 29.5. The molecule has 48 heavy (non-hydrogen) atoms. The topological polar surface area (TPSA) is 111 Å². The molecule has 3 N–H and O–H groups in total. The second kappa shape index (κ2) is 18.7. The summed E-state index contributed by atoms with van der Waals surface area (Å²) in [6.07, 6.45) is 1.37. The summed E-state index contributed by atoms with van der Waals surface area (Å²) in [6.45, 7) is 8.01. The van der Waals surface area contributed by atoms with E-state index in [1.54, 1.807) is 21.1 Å². The zero-order valence-corrected chi connectivity index (χ0v) is 29.5. The molecule has 0 bridgehead atoms. The highest BCUT2D eigenvalue weighted by Gasteiger charge is 2.38. The Hall–Kier alpha value is -4.50. The quantitative estimate of drug-likeness (QED) is 0.205. The summed E-state index contributed by atoms with van der Waals surface area (Å²) in [5.74, 6) is -1.69. The molecule has 0 heterocycles. The molecular formula is C39H53N5O4. The molecule has 3 rings (SSSR count). The van der Waals surface area contributed by atoms with Gasteiger partial charge in [0.1, 0.15) is 18.1 Å². The lowest BCUT2D eigenvalue weighted by molar-refractivity contribution is -0.146. The van der Waals surface area contributed by atoms with Crippen molar-refractivity contribution in [2.75, 3.05) is 27.7 Å². The SMILES string of the molecule is CN[C@@H](Cc1ccccc1)C(=O)N(C)[C@H](C(=O)N[C@@H](Cc1ccccc1)C(=O)N(C)[C@H](C(=O)NCCc1ccccc1)C(C)C)C(C)C. The molecule has 0 unspecified atom stereocenters. The summed E-state index contributed by atoms with van der Waals surface area (Å²) in [6, 6.07) is 26.0. The van der Waals surface area contributed by atoms with Gasteiger partial charge < -0.3 is 25.8 Å². The summed E-state index contributed by atoms with van der Waals surface area (Å²) in [7, 11) is 4.98. The van der Waals surface area contributed by atoms with Gasteiger partial charge in [0.2, 0.25) is 23.6 Å². The molecule has 258 valence electrons. The minimum absolute atomic E-state index is 0.181. The first-order valence-corrected chi connectivity index (χ1v) is 16.8. The normalized spacial score (nSPS) is 13.7. The third-order valence-corrected chi connectivity index (χ3v) is 8.71. The van der Waals surface area contributed by atoms with Crippen molar-refractivity contribution in [3.05, 3.63) is 108 Å². The predicted molar refractivity (Wildman–Crippen MR) is 191 cm³/mol. The first kappa shape index (κ1) is 38.0. The van der Waals surface area contributed by atoms with E-state index >= 15 is 0 Å². The Morgan fingerprint density at radius 1 is 0.583 bits per heavy atom. The van der Waals surface area contributed by atoms with Gasteiger partial charge in [0.05, 0.1) is 6.04 Å². The molecule has 0 aliphatic rings. The second-order valence-corrected chi connectivity index (χ2v) is 13.1. The highest BCUT2D eigenvalue weighted by Crippen LogP contribution is 2.17. The monoisotopic (exact) mass is 655 g/mol. The molecule has 4 amide bonds. The summed E-state index contributed by atoms with van der Waals surface area (Å²) in [4.78, 5) is 58.4. The molecule has 0 aromatic heterocycles. The Balaban J connectivity index is 1.81. The van der Waals surface area contributed by atoms with Gasteiger partial charge in [-0.05, 0) is 48.4 Å². The number of hydrogen-bond acceptors (Lipinski definition) is 5. The number of likely N-dealkylation sites (N-methyl/N-ethyl adjacent to an activating group) is 3. The van der Waals surface area contributed by atoms with Crippen LogP contribution < -0.4 is 16.0 Å². The third kappa shape index (κ3) is 10.8. The Labute approximate surface area is 286 Å². The average molecular weight is 656 g/mol. The van der Waals surface area contributed by atoms with Gasteiger partial charge in [-0.3, -0.25) is 19.2 Å². The molecule has 9 heteroatoms. The van der Waals surface area contributed by atoms with Gasteiger partial charge in [-0.25, -0.2) is 0 Å². The molecular weight excluding hydrogens is 602 g/mol. The van der Waals surface area contributed by atoms with Gasteiger partial charge >= 0.3 is 0 Å². The molecule has 9 nitrogen and oxygen atoms in total. The van der Waals surface area contributed by atoms with E-state index in [0.29, 0.717) is 19.4 Å². The molecule has 0 saturated carbocycles. The minimum atomic E-state index is -0.961. The van der Waals surface area contributed by atoms with Crippen LogP contribution in [0.5, 0.6) is 0 Å². The summed E-state index contributed by atoms with van der Waals surface area (Å²) < 4.78 is 0. The van der Waals surface area contributed by atoms with Crippen LogP contribution >= 0.6 is 0 Å². The standard InChI is InChI=1S/C39H53N5O4/c1-27(2)34(36(45)41-24-23-29-17-11-8-12-18-29)43(6)39(48)33(26-31-21-15-10-16-22-31)42-37(46)35(28(3)4)44(7)38(47)32(40-5)25-30-19-13-9-14-20-30/h8-22,27-28,32-35,40H,23-26H2,1-7H3,(H,41,45)(H,42,46)/t32-,33-,34-,35-/m0/s1. The van der Waals surface area contributed by atoms with Gasteiger partial charge in [-0.1, -0.05) is 119 Å². The number of rotatable bonds is 17. The van der Waals surface area contributed by atoms with E-state index in [-0.39, 0.29) is 36.0 Å². The van der Waals surface area contributed by atoms with Crippen molar-refractivity contribution in [1.29, 1.82) is 0 Å². The fourth-order valence-electron chi connectivity index (χ4n) is 6.17. The van der Waals surface area contributed by atoms with E-state index < -0.39 is 30.1 Å². The number of nitrogens with zero attached hydrogens (tertiary/aromatic N) is 2. The first-order chi connectivity index (χ1) is 22.9. The summed E-state index contributed by atoms with van der Waals surface area (Å²) in [5.41, 5.74) is 2.98. The van der Waals surface area contributed by atoms with E-state index in [4.69, 9.17) is 0 Å². The van der Waals surface area contributed by atoms with E-state index in [1.165, 1.54) is 9.80 Å². The number of benzene rings is 3. The van der Waals surface area contributed by atoms with Crippen LogP contribution in [0.15, 0.2) is 91.0 Å². The van der Waals surface area contributed by atoms with Crippen LogP contribution in [0, 0.1) is 11.8 Å². The minimum Gasteiger partial charge on any atom is -0.354 e. The molecule has 4 atom stereocenters. The molecule has 0 radical (unpaired) electrons. The van der Waals surface area contributed by atoms with Crippen molar-refractivity contribution >= 4 is 23.6 Å². The fourth-order valence-corrected chi connectivity index (χ4v) is 6.17. The molecule has 0 aliphatic heterocycles. The zero-order chi connectivity index (χ0) is 35.2. The largest absolute Gasteiger partial charge is 0.354 e. The van der Waals surface area contributed by atoms with Gasteiger partial charge in [-0.15, -0.1) is 0 Å². The number of nitrogens with one attached hydrogen (secondary N) is 3. The van der Waals surface area contributed by atoms with Crippen LogP contribution in [-0.2, 0) is 38.4 Å². The predicted octanol–water partition coefficient (Wildman–Crippen LogP) is 3.87. The lowest BCUT2D eigenvalue weighted by Crippen LogP contribution is -2.60. The number of carbonyl (C=O) groups excluding carboxylic acids is 4. The van der Waals surface area contributed by atoms with E-state index in [2.05, 4.69) is 16.0 Å². The number of carbonyl (C=O) groups is 4. The number of amides is 4. The first-order valence-electron chi connectivity index (χ1n) is 16.8. The van der Waals surface area contributed by atoms with Gasteiger partial charge in [0.15, 0.2) is 0 Å². The van der Waals surface area contributed by atoms with Crippen molar-refractivity contribution in [3.63, 3.8) is 0 Å². The molecule has 0 aliphatic carbocycles. The molecule has 3 aromatic rings. The highest BCUT2D eigenvalue weighted by molar-refractivity contribution is 5.95. The van der Waals surface area contributed by atoms with Crippen LogP contribution in [0.4, 0.5) is 0 Å². The van der Waals surface area contributed by atoms with Crippen LogP contribution in [0.3, 0.4) is 0 Å². The van der Waals surface area contributed by atoms with Crippen molar-refractivity contribution < 1.29 is 19.2 Å². The molecule has 0 fully saturated rings. The van der Waals surface area contributed by atoms with Gasteiger partial charge in [-0.2, -0.15) is 0 Å². The van der Waals surface area contributed by atoms with Crippen molar-refractivity contribution in [1.82, 2.24) is 25.8 Å². The van der Waals surface area contributed by atoms with Crippen molar-refractivity contribution in [3.8, 4) is 0 Å². The smallest absolute Gasteiger partial charge is 0.245 e. The van der Waals surface area contributed by atoms with Crippen LogP contribution in [0.2, 0.25) is 0 Å². The maximum atomic E-state index is 14.2. The highest BCUT2D eigenvalue weighted by atomic mass is 16.2. The summed E-state index contributed by atoms with van der Waals surface area (Å²) in [5, 5.41) is 9.10. The lowest BCUT2D eigenvalue weighted by atomic mass is 9.97.